The minimum Gasteiger partial charge on any atom is -0.496 e. The van der Waals surface area contributed by atoms with Crippen molar-refractivity contribution in [2.75, 3.05) is 7.11 Å². The summed E-state index contributed by atoms with van der Waals surface area (Å²) < 4.78 is 5.35. The van der Waals surface area contributed by atoms with E-state index in [9.17, 15) is 4.79 Å². The van der Waals surface area contributed by atoms with Gasteiger partial charge in [0.05, 0.1) is 13.2 Å². The number of rotatable bonds is 5. The first-order valence-corrected chi connectivity index (χ1v) is 7.06. The molecule has 4 heteroatoms. The van der Waals surface area contributed by atoms with E-state index in [0.717, 1.165) is 16.9 Å². The van der Waals surface area contributed by atoms with Crippen molar-refractivity contribution in [2.45, 2.75) is 46.7 Å². The summed E-state index contributed by atoms with van der Waals surface area (Å²) in [5.41, 5.74) is 2.13. The summed E-state index contributed by atoms with van der Waals surface area (Å²) in [4.78, 5) is 12.0. The average Bonchev–Trinajstić information content (AvgIpc) is 2.38. The van der Waals surface area contributed by atoms with E-state index in [2.05, 4.69) is 24.5 Å². The molecule has 2 amide bonds. The molecule has 0 saturated carbocycles. The van der Waals surface area contributed by atoms with Gasteiger partial charge in [0, 0.05) is 11.6 Å². The van der Waals surface area contributed by atoms with Crippen LogP contribution in [0.3, 0.4) is 0 Å². The van der Waals surface area contributed by atoms with Crippen molar-refractivity contribution in [1.82, 2.24) is 10.6 Å². The summed E-state index contributed by atoms with van der Waals surface area (Å²) in [7, 11) is 1.64. The maximum absolute atomic E-state index is 12.0. The summed E-state index contributed by atoms with van der Waals surface area (Å²) >= 11 is 0. The molecule has 0 radical (unpaired) electrons. The molecule has 1 aromatic rings. The second kappa shape index (κ2) is 7.17. The highest BCUT2D eigenvalue weighted by atomic mass is 16.5. The van der Waals surface area contributed by atoms with Gasteiger partial charge in [-0.25, -0.2) is 4.79 Å². The summed E-state index contributed by atoms with van der Waals surface area (Å²) in [6.45, 7) is 10.1. The number of urea groups is 1. The molecule has 2 N–H and O–H groups in total. The third-order valence-electron chi connectivity index (χ3n) is 3.56. The third-order valence-corrected chi connectivity index (χ3v) is 3.56. The Morgan fingerprint density at radius 2 is 1.80 bits per heavy atom. The minimum absolute atomic E-state index is 0.107. The Kier molecular flexibility index (Phi) is 5.86. The zero-order valence-corrected chi connectivity index (χ0v) is 13.3. The number of hydrogen-bond acceptors (Lipinski definition) is 2. The van der Waals surface area contributed by atoms with Crippen LogP contribution in [0.25, 0.3) is 0 Å². The summed E-state index contributed by atoms with van der Waals surface area (Å²) in [5.74, 6) is 1.20. The quantitative estimate of drug-likeness (QED) is 0.867. The predicted molar refractivity (Wildman–Crippen MR) is 82.1 cm³/mol. The fraction of sp³-hybridized carbons (Fsp3) is 0.562. The normalized spacial score (nSPS) is 13.8. The zero-order valence-electron chi connectivity index (χ0n) is 13.3. The molecule has 0 fully saturated rings. The van der Waals surface area contributed by atoms with Gasteiger partial charge in [0.15, 0.2) is 0 Å². The summed E-state index contributed by atoms with van der Waals surface area (Å²) in [6.07, 6.45) is 0. The van der Waals surface area contributed by atoms with Crippen LogP contribution < -0.4 is 15.4 Å². The van der Waals surface area contributed by atoms with Crippen molar-refractivity contribution in [3.8, 4) is 5.75 Å². The van der Waals surface area contributed by atoms with Crippen molar-refractivity contribution in [3.05, 3.63) is 29.3 Å². The fourth-order valence-electron chi connectivity index (χ4n) is 1.88. The van der Waals surface area contributed by atoms with Crippen LogP contribution >= 0.6 is 0 Å². The maximum atomic E-state index is 12.0. The summed E-state index contributed by atoms with van der Waals surface area (Å²) in [5, 5.41) is 5.90. The Labute approximate surface area is 121 Å². The van der Waals surface area contributed by atoms with Crippen LogP contribution in [0.1, 0.15) is 44.9 Å². The molecular weight excluding hydrogens is 252 g/mol. The van der Waals surface area contributed by atoms with Crippen molar-refractivity contribution in [2.24, 2.45) is 5.92 Å². The van der Waals surface area contributed by atoms with E-state index in [-0.39, 0.29) is 18.1 Å². The van der Waals surface area contributed by atoms with Gasteiger partial charge in [-0.3, -0.25) is 0 Å². The molecule has 0 spiro atoms. The van der Waals surface area contributed by atoms with Gasteiger partial charge in [0.2, 0.25) is 0 Å². The molecule has 4 nitrogen and oxygen atoms in total. The first kappa shape index (κ1) is 16.3. The molecular formula is C16H26N2O2. The molecule has 1 aromatic carbocycles. The second-order valence-electron chi connectivity index (χ2n) is 5.62. The van der Waals surface area contributed by atoms with Crippen LogP contribution in [0, 0.1) is 12.8 Å². The lowest BCUT2D eigenvalue weighted by Gasteiger charge is -2.22. The standard InChI is InChI=1S/C16H26N2O2/c1-10(2)12(4)17-16(19)18-13(5)14-9-11(3)7-8-15(14)20-6/h7-10,12-13H,1-6H3,(H2,17,18,19). The van der Waals surface area contributed by atoms with E-state index in [0.29, 0.717) is 5.92 Å². The van der Waals surface area contributed by atoms with Crippen molar-refractivity contribution in [3.63, 3.8) is 0 Å². The molecule has 0 bridgehead atoms. The van der Waals surface area contributed by atoms with Crippen LogP contribution in [0.15, 0.2) is 18.2 Å². The van der Waals surface area contributed by atoms with Gasteiger partial charge in [-0.05, 0) is 32.8 Å². The first-order valence-electron chi connectivity index (χ1n) is 7.06. The number of amides is 2. The smallest absolute Gasteiger partial charge is 0.315 e. The fourth-order valence-corrected chi connectivity index (χ4v) is 1.88. The summed E-state index contributed by atoms with van der Waals surface area (Å²) in [6, 6.07) is 5.84. The van der Waals surface area contributed by atoms with E-state index < -0.39 is 0 Å². The number of benzene rings is 1. The lowest BCUT2D eigenvalue weighted by atomic mass is 10.0. The second-order valence-corrected chi connectivity index (χ2v) is 5.62. The Hall–Kier alpha value is -1.71. The minimum atomic E-state index is -0.151. The Balaban J connectivity index is 2.73. The van der Waals surface area contributed by atoms with E-state index in [1.165, 1.54) is 0 Å². The Morgan fingerprint density at radius 1 is 1.15 bits per heavy atom. The number of hydrogen-bond donors (Lipinski definition) is 2. The van der Waals surface area contributed by atoms with Gasteiger partial charge < -0.3 is 15.4 Å². The molecule has 2 unspecified atom stereocenters. The molecule has 0 heterocycles. The third kappa shape index (κ3) is 4.44. The van der Waals surface area contributed by atoms with E-state index >= 15 is 0 Å². The number of nitrogens with one attached hydrogen (secondary N) is 2. The van der Waals surface area contributed by atoms with Crippen LogP contribution in [0.2, 0.25) is 0 Å². The topological polar surface area (TPSA) is 50.4 Å². The van der Waals surface area contributed by atoms with Gasteiger partial charge in [-0.1, -0.05) is 31.5 Å². The molecule has 20 heavy (non-hydrogen) atoms. The number of aryl methyl sites for hydroxylation is 1. The Morgan fingerprint density at radius 3 is 2.35 bits per heavy atom. The molecule has 112 valence electrons. The number of carbonyl (C=O) groups is 1. The lowest BCUT2D eigenvalue weighted by molar-refractivity contribution is 0.231. The molecule has 0 aromatic heterocycles. The SMILES string of the molecule is COc1ccc(C)cc1C(C)NC(=O)NC(C)C(C)C. The van der Waals surface area contributed by atoms with Crippen molar-refractivity contribution < 1.29 is 9.53 Å². The van der Waals surface area contributed by atoms with Gasteiger partial charge in [0.1, 0.15) is 5.75 Å². The van der Waals surface area contributed by atoms with Crippen LogP contribution in [0.5, 0.6) is 5.75 Å². The highest BCUT2D eigenvalue weighted by Crippen LogP contribution is 2.25. The molecule has 1 rings (SSSR count). The van der Waals surface area contributed by atoms with Crippen LogP contribution in [-0.2, 0) is 0 Å². The van der Waals surface area contributed by atoms with Crippen LogP contribution in [0.4, 0.5) is 4.79 Å². The van der Waals surface area contributed by atoms with Gasteiger partial charge >= 0.3 is 6.03 Å². The lowest BCUT2D eigenvalue weighted by Crippen LogP contribution is -2.43. The highest BCUT2D eigenvalue weighted by molar-refractivity contribution is 5.74. The number of methoxy groups -OCH3 is 1. The van der Waals surface area contributed by atoms with Crippen LogP contribution in [-0.4, -0.2) is 19.2 Å². The molecule has 0 aliphatic rings. The Bertz CT molecular complexity index is 458. The average molecular weight is 278 g/mol. The van der Waals surface area contributed by atoms with Gasteiger partial charge in [0.25, 0.3) is 0 Å². The van der Waals surface area contributed by atoms with E-state index in [4.69, 9.17) is 4.74 Å². The van der Waals surface area contributed by atoms with Crippen molar-refractivity contribution in [1.29, 1.82) is 0 Å². The van der Waals surface area contributed by atoms with E-state index in [1.807, 2.05) is 39.0 Å². The highest BCUT2D eigenvalue weighted by Gasteiger charge is 2.16. The molecule has 0 saturated heterocycles. The predicted octanol–water partition coefficient (Wildman–Crippen LogP) is 3.41. The largest absolute Gasteiger partial charge is 0.496 e. The molecule has 2 atom stereocenters. The zero-order chi connectivity index (χ0) is 15.3. The van der Waals surface area contributed by atoms with Gasteiger partial charge in [-0.2, -0.15) is 0 Å². The van der Waals surface area contributed by atoms with Gasteiger partial charge in [-0.15, -0.1) is 0 Å². The molecule has 0 aliphatic heterocycles. The monoisotopic (exact) mass is 278 g/mol. The molecule has 0 aliphatic carbocycles. The number of ether oxygens (including phenoxy) is 1. The van der Waals surface area contributed by atoms with Crippen molar-refractivity contribution >= 4 is 6.03 Å². The number of carbonyl (C=O) groups excluding carboxylic acids is 1. The maximum Gasteiger partial charge on any atom is 0.315 e. The first-order chi connectivity index (χ1) is 9.35. The van der Waals surface area contributed by atoms with E-state index in [1.54, 1.807) is 7.11 Å².